The number of benzene rings is 1. The summed E-state index contributed by atoms with van der Waals surface area (Å²) in [4.78, 5) is 30.3. The Morgan fingerprint density at radius 1 is 1.07 bits per heavy atom. The van der Waals surface area contributed by atoms with Crippen molar-refractivity contribution in [1.82, 2.24) is 4.90 Å². The van der Waals surface area contributed by atoms with Crippen LogP contribution in [0.4, 0.5) is 11.4 Å². The van der Waals surface area contributed by atoms with Crippen LogP contribution in [0.25, 0.3) is 0 Å². The fourth-order valence-corrected chi connectivity index (χ4v) is 3.97. The Balaban J connectivity index is 2.37. The molecule has 5 nitrogen and oxygen atoms in total. The number of anilines is 2. The Hall–Kier alpha value is -2.34. The molecular formula is C24H35N3O2S. The van der Waals surface area contributed by atoms with Gasteiger partial charge in [0.25, 0.3) is 5.91 Å². The molecule has 2 aromatic rings. The maximum Gasteiger partial charge on any atom is 0.264 e. The zero-order chi connectivity index (χ0) is 22.4. The van der Waals surface area contributed by atoms with Crippen molar-refractivity contribution in [3.8, 4) is 0 Å². The highest BCUT2D eigenvalue weighted by molar-refractivity contribution is 7.12. The zero-order valence-corrected chi connectivity index (χ0v) is 20.0. The van der Waals surface area contributed by atoms with Crippen LogP contribution in [-0.2, 0) is 11.3 Å². The molecule has 164 valence electrons. The maximum atomic E-state index is 13.3. The van der Waals surface area contributed by atoms with E-state index in [9.17, 15) is 9.59 Å². The number of carbonyl (C=O) groups is 2. The third kappa shape index (κ3) is 6.33. The number of nitrogens with zero attached hydrogens (tertiary/aromatic N) is 2. The van der Waals surface area contributed by atoms with Gasteiger partial charge in [0.1, 0.15) is 0 Å². The molecule has 0 aliphatic carbocycles. The number of hydrogen-bond donors (Lipinski definition) is 1. The van der Waals surface area contributed by atoms with Crippen LogP contribution >= 0.6 is 11.3 Å². The highest BCUT2D eigenvalue weighted by Gasteiger charge is 2.26. The normalized spacial score (nSPS) is 12.2. The van der Waals surface area contributed by atoms with E-state index in [1.54, 1.807) is 0 Å². The molecule has 0 bridgehead atoms. The Bertz CT molecular complexity index is 844. The Kier molecular flexibility index (Phi) is 8.47. The van der Waals surface area contributed by atoms with Crippen molar-refractivity contribution in [2.45, 2.75) is 53.6 Å². The molecule has 1 aromatic carbocycles. The molecule has 0 saturated heterocycles. The Morgan fingerprint density at radius 2 is 1.77 bits per heavy atom. The van der Waals surface area contributed by atoms with Crippen LogP contribution in [0, 0.1) is 11.8 Å². The molecular weight excluding hydrogens is 394 g/mol. The van der Waals surface area contributed by atoms with Crippen molar-refractivity contribution in [1.29, 1.82) is 0 Å². The molecule has 0 saturated carbocycles. The van der Waals surface area contributed by atoms with E-state index in [2.05, 4.69) is 26.1 Å². The van der Waals surface area contributed by atoms with Crippen LogP contribution in [0.1, 0.15) is 56.3 Å². The summed E-state index contributed by atoms with van der Waals surface area (Å²) in [5, 5.41) is 4.94. The van der Waals surface area contributed by atoms with Gasteiger partial charge in [0, 0.05) is 44.5 Å². The molecule has 1 atom stereocenters. The lowest BCUT2D eigenvalue weighted by molar-refractivity contribution is -0.116. The van der Waals surface area contributed by atoms with Gasteiger partial charge in [-0.1, -0.05) is 33.8 Å². The van der Waals surface area contributed by atoms with E-state index in [4.69, 9.17) is 0 Å². The summed E-state index contributed by atoms with van der Waals surface area (Å²) in [7, 11) is 3.99. The second kappa shape index (κ2) is 10.6. The first-order valence-corrected chi connectivity index (χ1v) is 11.4. The number of nitrogens with one attached hydrogen (secondary N) is 1. The summed E-state index contributed by atoms with van der Waals surface area (Å²) < 4.78 is 0. The molecule has 1 aromatic heterocycles. The third-order valence-corrected chi connectivity index (χ3v) is 6.09. The lowest BCUT2D eigenvalue weighted by atomic mass is 10.0. The lowest BCUT2D eigenvalue weighted by Gasteiger charge is -2.33. The molecule has 0 unspecified atom stereocenters. The predicted molar refractivity (Wildman–Crippen MR) is 127 cm³/mol. The largest absolute Gasteiger partial charge is 0.377 e. The molecule has 2 amide bonds. The first-order chi connectivity index (χ1) is 14.1. The van der Waals surface area contributed by atoms with E-state index in [0.29, 0.717) is 24.8 Å². The second-order valence-corrected chi connectivity index (χ2v) is 9.73. The smallest absolute Gasteiger partial charge is 0.264 e. The van der Waals surface area contributed by atoms with E-state index in [-0.39, 0.29) is 17.9 Å². The molecule has 6 heteroatoms. The molecule has 0 aliphatic heterocycles. The van der Waals surface area contributed by atoms with Gasteiger partial charge >= 0.3 is 0 Å². The van der Waals surface area contributed by atoms with Gasteiger partial charge < -0.3 is 15.1 Å². The standard InChI is InChI=1S/C24H35N3O2S/c1-16(2)13-23(28)25-20-10-11-21(26(6)7)19(14-20)15-27(18(5)17(3)4)24(29)22-9-8-12-30-22/h8-12,14,16-18H,13,15H2,1-7H3,(H,25,28)/t18-/m0/s1. The number of thiophene rings is 1. The number of amides is 2. The number of hydrogen-bond acceptors (Lipinski definition) is 4. The van der Waals surface area contributed by atoms with Crippen LogP contribution in [0.3, 0.4) is 0 Å². The minimum absolute atomic E-state index is 0.00983. The summed E-state index contributed by atoms with van der Waals surface area (Å²) in [6, 6.07) is 9.79. The third-order valence-electron chi connectivity index (χ3n) is 5.23. The van der Waals surface area contributed by atoms with E-state index in [0.717, 1.165) is 21.8 Å². The van der Waals surface area contributed by atoms with Crippen molar-refractivity contribution >= 4 is 34.5 Å². The van der Waals surface area contributed by atoms with Gasteiger partial charge in [0.05, 0.1) is 4.88 Å². The highest BCUT2D eigenvalue weighted by Crippen LogP contribution is 2.28. The van der Waals surface area contributed by atoms with E-state index < -0.39 is 0 Å². The van der Waals surface area contributed by atoms with Crippen LogP contribution in [0.2, 0.25) is 0 Å². The van der Waals surface area contributed by atoms with Gasteiger partial charge in [0.15, 0.2) is 0 Å². The van der Waals surface area contributed by atoms with Crippen LogP contribution in [0.5, 0.6) is 0 Å². The van der Waals surface area contributed by atoms with Crippen molar-refractivity contribution in [3.05, 3.63) is 46.2 Å². The molecule has 0 radical (unpaired) electrons. The molecule has 0 fully saturated rings. The van der Waals surface area contributed by atoms with Gasteiger partial charge in [-0.3, -0.25) is 9.59 Å². The van der Waals surface area contributed by atoms with E-state index in [1.165, 1.54) is 11.3 Å². The highest BCUT2D eigenvalue weighted by atomic mass is 32.1. The van der Waals surface area contributed by atoms with Gasteiger partial charge in [0.2, 0.25) is 5.91 Å². The molecule has 1 heterocycles. The van der Waals surface area contributed by atoms with Crippen LogP contribution in [-0.4, -0.2) is 36.9 Å². The molecule has 30 heavy (non-hydrogen) atoms. The van der Waals surface area contributed by atoms with Crippen LogP contribution < -0.4 is 10.2 Å². The Morgan fingerprint density at radius 3 is 2.30 bits per heavy atom. The van der Waals surface area contributed by atoms with Crippen molar-refractivity contribution < 1.29 is 9.59 Å². The van der Waals surface area contributed by atoms with E-state index >= 15 is 0 Å². The second-order valence-electron chi connectivity index (χ2n) is 8.78. The summed E-state index contributed by atoms with van der Waals surface area (Å²) in [5.74, 6) is 0.683. The number of carbonyl (C=O) groups excluding carboxylic acids is 2. The summed E-state index contributed by atoms with van der Waals surface area (Å²) in [6.07, 6.45) is 0.484. The minimum Gasteiger partial charge on any atom is -0.377 e. The number of rotatable bonds is 9. The van der Waals surface area contributed by atoms with E-state index in [1.807, 2.05) is 73.5 Å². The van der Waals surface area contributed by atoms with Crippen molar-refractivity contribution in [2.75, 3.05) is 24.3 Å². The minimum atomic E-state index is 0.00983. The SMILES string of the molecule is CC(C)CC(=O)Nc1ccc(N(C)C)c(CN(C(=O)c2cccs2)[C@@H](C)C(C)C)c1. The summed E-state index contributed by atoms with van der Waals surface area (Å²) in [6.45, 7) is 10.9. The molecule has 1 N–H and O–H groups in total. The topological polar surface area (TPSA) is 52.7 Å². The predicted octanol–water partition coefficient (Wildman–Crippen LogP) is 5.49. The molecule has 0 spiro atoms. The summed E-state index contributed by atoms with van der Waals surface area (Å²) in [5.41, 5.74) is 2.82. The maximum absolute atomic E-state index is 13.3. The monoisotopic (exact) mass is 429 g/mol. The molecule has 2 rings (SSSR count). The molecule has 0 aliphatic rings. The summed E-state index contributed by atoms with van der Waals surface area (Å²) >= 11 is 1.47. The van der Waals surface area contributed by atoms with Crippen molar-refractivity contribution in [3.63, 3.8) is 0 Å². The van der Waals surface area contributed by atoms with Gasteiger partial charge in [-0.25, -0.2) is 0 Å². The van der Waals surface area contributed by atoms with Crippen LogP contribution in [0.15, 0.2) is 35.7 Å². The van der Waals surface area contributed by atoms with Gasteiger partial charge in [-0.05, 0) is 54.0 Å². The first-order valence-electron chi connectivity index (χ1n) is 10.5. The lowest BCUT2D eigenvalue weighted by Crippen LogP contribution is -2.41. The van der Waals surface area contributed by atoms with Crippen molar-refractivity contribution in [2.24, 2.45) is 11.8 Å². The average molecular weight is 430 g/mol. The Labute approximate surface area is 185 Å². The zero-order valence-electron chi connectivity index (χ0n) is 19.2. The fraction of sp³-hybridized carbons (Fsp3) is 0.500. The fourth-order valence-electron chi connectivity index (χ4n) is 3.29. The first kappa shape index (κ1) is 23.9. The average Bonchev–Trinajstić information content (AvgIpc) is 3.18. The van der Waals surface area contributed by atoms with Gasteiger partial charge in [-0.2, -0.15) is 0 Å². The quantitative estimate of drug-likeness (QED) is 0.574. The van der Waals surface area contributed by atoms with Gasteiger partial charge in [-0.15, -0.1) is 11.3 Å².